The minimum atomic E-state index is -3.37. The maximum atomic E-state index is 11.7. The lowest BCUT2D eigenvalue weighted by Gasteiger charge is -2.07. The number of rotatable bonds is 7. The van der Waals surface area contributed by atoms with E-state index in [0.717, 1.165) is 11.1 Å². The maximum Gasteiger partial charge on any atom is 0.235 e. The van der Waals surface area contributed by atoms with Crippen LogP contribution in [0.5, 0.6) is 0 Å². The molecule has 0 unspecified atom stereocenters. The molecular formula is C16H21N3O3S. The quantitative estimate of drug-likeness (QED) is 0.829. The van der Waals surface area contributed by atoms with Crippen LogP contribution in [0.1, 0.15) is 25.0 Å². The summed E-state index contributed by atoms with van der Waals surface area (Å²) < 4.78 is 25.1. The summed E-state index contributed by atoms with van der Waals surface area (Å²) in [5, 5.41) is 6.30. The Morgan fingerprint density at radius 1 is 1.22 bits per heavy atom. The van der Waals surface area contributed by atoms with Crippen molar-refractivity contribution in [2.75, 3.05) is 5.75 Å². The van der Waals surface area contributed by atoms with Crippen LogP contribution in [-0.4, -0.2) is 35.1 Å². The van der Waals surface area contributed by atoms with Gasteiger partial charge in [-0.2, -0.15) is 5.10 Å². The topological polar surface area (TPSA) is 81.1 Å². The van der Waals surface area contributed by atoms with E-state index in [9.17, 15) is 13.2 Å². The van der Waals surface area contributed by atoms with Crippen molar-refractivity contribution >= 4 is 15.7 Å². The number of sulfone groups is 1. The highest BCUT2D eigenvalue weighted by atomic mass is 32.2. The van der Waals surface area contributed by atoms with Crippen LogP contribution >= 0.6 is 0 Å². The molecule has 1 amide bonds. The number of nitrogens with zero attached hydrogens (tertiary/aromatic N) is 2. The van der Waals surface area contributed by atoms with Gasteiger partial charge < -0.3 is 5.32 Å². The summed E-state index contributed by atoms with van der Waals surface area (Å²) in [6.45, 7) is 4.05. The Morgan fingerprint density at radius 2 is 1.91 bits per heavy atom. The summed E-state index contributed by atoms with van der Waals surface area (Å²) in [7, 11) is -3.37. The molecule has 0 spiro atoms. The highest BCUT2D eigenvalue weighted by molar-refractivity contribution is 7.92. The normalized spacial score (nSPS) is 11.6. The largest absolute Gasteiger partial charge is 0.351 e. The molecule has 0 saturated carbocycles. The molecule has 1 heterocycles. The van der Waals surface area contributed by atoms with Gasteiger partial charge in [-0.15, -0.1) is 0 Å². The molecule has 1 aromatic carbocycles. The van der Waals surface area contributed by atoms with Gasteiger partial charge in [0.25, 0.3) is 0 Å². The van der Waals surface area contributed by atoms with E-state index in [-0.39, 0.29) is 6.54 Å². The third-order valence-electron chi connectivity index (χ3n) is 3.41. The van der Waals surface area contributed by atoms with Crippen molar-refractivity contribution in [1.29, 1.82) is 0 Å². The lowest BCUT2D eigenvalue weighted by atomic mass is 10.2. The van der Waals surface area contributed by atoms with Gasteiger partial charge in [0.1, 0.15) is 5.75 Å². The number of nitrogens with one attached hydrogen (secondary N) is 1. The van der Waals surface area contributed by atoms with Gasteiger partial charge in [-0.1, -0.05) is 30.3 Å². The van der Waals surface area contributed by atoms with Gasteiger partial charge >= 0.3 is 0 Å². The minimum absolute atomic E-state index is 0.265. The predicted molar refractivity (Wildman–Crippen MR) is 88.5 cm³/mol. The first-order valence-electron chi connectivity index (χ1n) is 7.40. The van der Waals surface area contributed by atoms with Crippen LogP contribution in [-0.2, 0) is 27.7 Å². The molecule has 1 N–H and O–H groups in total. The predicted octanol–water partition coefficient (Wildman–Crippen LogP) is 1.37. The first-order chi connectivity index (χ1) is 10.9. The van der Waals surface area contributed by atoms with E-state index >= 15 is 0 Å². The smallest absolute Gasteiger partial charge is 0.235 e. The molecule has 2 aromatic rings. The molecule has 6 nitrogen and oxygen atoms in total. The van der Waals surface area contributed by atoms with E-state index < -0.39 is 26.7 Å². The number of aromatic nitrogens is 2. The van der Waals surface area contributed by atoms with Gasteiger partial charge in [0.05, 0.1) is 18.0 Å². The minimum Gasteiger partial charge on any atom is -0.351 e. The zero-order valence-corrected chi connectivity index (χ0v) is 14.1. The zero-order valence-electron chi connectivity index (χ0n) is 13.3. The van der Waals surface area contributed by atoms with Gasteiger partial charge in [0, 0.05) is 18.3 Å². The van der Waals surface area contributed by atoms with Crippen molar-refractivity contribution in [3.8, 4) is 0 Å². The number of benzene rings is 1. The second kappa shape index (κ2) is 7.41. The highest BCUT2D eigenvalue weighted by Gasteiger charge is 2.20. The van der Waals surface area contributed by atoms with Crippen LogP contribution in [0.4, 0.5) is 0 Å². The summed E-state index contributed by atoms with van der Waals surface area (Å²) in [4.78, 5) is 11.7. The number of amides is 1. The number of carbonyl (C=O) groups excluding carboxylic acids is 1. The van der Waals surface area contributed by atoms with Crippen molar-refractivity contribution in [2.45, 2.75) is 32.2 Å². The summed E-state index contributed by atoms with van der Waals surface area (Å²) in [5.41, 5.74) is 1.96. The fourth-order valence-electron chi connectivity index (χ4n) is 1.96. The van der Waals surface area contributed by atoms with Gasteiger partial charge in [-0.05, 0) is 19.4 Å². The van der Waals surface area contributed by atoms with Crippen LogP contribution < -0.4 is 5.32 Å². The third kappa shape index (κ3) is 5.21. The van der Waals surface area contributed by atoms with Gasteiger partial charge in [-0.25, -0.2) is 8.42 Å². The SMILES string of the molecule is CC(C)S(=O)(=O)CC(=O)NCc1cnn(Cc2ccccc2)c1. The van der Waals surface area contributed by atoms with Crippen molar-refractivity contribution in [2.24, 2.45) is 0 Å². The molecule has 0 bridgehead atoms. The van der Waals surface area contributed by atoms with E-state index in [1.54, 1.807) is 24.7 Å². The van der Waals surface area contributed by atoms with Crippen LogP contribution in [0.15, 0.2) is 42.7 Å². The fourth-order valence-corrected chi connectivity index (χ4v) is 2.76. The van der Waals surface area contributed by atoms with Crippen LogP contribution in [0, 0.1) is 0 Å². The molecule has 2 rings (SSSR count). The summed E-state index contributed by atoms with van der Waals surface area (Å²) in [6, 6.07) is 9.92. The molecule has 1 aromatic heterocycles. The standard InChI is InChI=1S/C16H21N3O3S/c1-13(2)23(21,22)12-16(20)17-8-15-9-18-19(11-15)10-14-6-4-3-5-7-14/h3-7,9,11,13H,8,10,12H2,1-2H3,(H,17,20). The highest BCUT2D eigenvalue weighted by Crippen LogP contribution is 2.04. The van der Waals surface area contributed by atoms with Crippen molar-refractivity contribution in [3.05, 3.63) is 53.9 Å². The van der Waals surface area contributed by atoms with E-state index in [2.05, 4.69) is 10.4 Å². The first kappa shape index (κ1) is 17.2. The Morgan fingerprint density at radius 3 is 2.57 bits per heavy atom. The lowest BCUT2D eigenvalue weighted by Crippen LogP contribution is -2.32. The van der Waals surface area contributed by atoms with Gasteiger partial charge in [0.15, 0.2) is 9.84 Å². The maximum absolute atomic E-state index is 11.7. The van der Waals surface area contributed by atoms with E-state index in [1.165, 1.54) is 0 Å². The average molecular weight is 335 g/mol. The summed E-state index contributed by atoms with van der Waals surface area (Å²) >= 11 is 0. The van der Waals surface area contributed by atoms with Crippen LogP contribution in [0.2, 0.25) is 0 Å². The van der Waals surface area contributed by atoms with Crippen molar-refractivity contribution in [3.63, 3.8) is 0 Å². The summed E-state index contributed by atoms with van der Waals surface area (Å²) in [6.07, 6.45) is 3.50. The molecule has 0 aliphatic carbocycles. The molecule has 0 aliphatic rings. The first-order valence-corrected chi connectivity index (χ1v) is 9.12. The number of hydrogen-bond donors (Lipinski definition) is 1. The molecular weight excluding hydrogens is 314 g/mol. The molecule has 0 fully saturated rings. The molecule has 0 saturated heterocycles. The zero-order chi connectivity index (χ0) is 16.9. The molecule has 7 heteroatoms. The van der Waals surface area contributed by atoms with Crippen molar-refractivity contribution < 1.29 is 13.2 Å². The molecule has 23 heavy (non-hydrogen) atoms. The van der Waals surface area contributed by atoms with Crippen LogP contribution in [0.3, 0.4) is 0 Å². The Balaban J connectivity index is 1.86. The summed E-state index contributed by atoms with van der Waals surface area (Å²) in [5.74, 6) is -0.975. The van der Waals surface area contributed by atoms with Gasteiger partial charge in [-0.3, -0.25) is 9.48 Å². The Bertz CT molecular complexity index is 752. The van der Waals surface area contributed by atoms with E-state index in [1.807, 2.05) is 36.5 Å². The Labute approximate surface area is 136 Å². The number of carbonyl (C=O) groups is 1. The Kier molecular flexibility index (Phi) is 5.54. The fraction of sp³-hybridized carbons (Fsp3) is 0.375. The second-order valence-corrected chi connectivity index (χ2v) is 8.22. The van der Waals surface area contributed by atoms with E-state index in [4.69, 9.17) is 0 Å². The number of hydrogen-bond acceptors (Lipinski definition) is 4. The van der Waals surface area contributed by atoms with Crippen LogP contribution in [0.25, 0.3) is 0 Å². The lowest BCUT2D eigenvalue weighted by molar-refractivity contribution is -0.118. The average Bonchev–Trinajstić information content (AvgIpc) is 2.93. The third-order valence-corrected chi connectivity index (χ3v) is 5.52. The second-order valence-electron chi connectivity index (χ2n) is 5.66. The molecule has 0 aliphatic heterocycles. The van der Waals surface area contributed by atoms with Gasteiger partial charge in [0.2, 0.25) is 5.91 Å². The molecule has 0 atom stereocenters. The van der Waals surface area contributed by atoms with Crippen molar-refractivity contribution in [1.82, 2.24) is 15.1 Å². The monoisotopic (exact) mass is 335 g/mol. The van der Waals surface area contributed by atoms with E-state index in [0.29, 0.717) is 6.54 Å². The molecule has 124 valence electrons. The molecule has 0 radical (unpaired) electrons. The Hall–Kier alpha value is -2.15.